The van der Waals surface area contributed by atoms with Crippen LogP contribution in [0.15, 0.2) is 48.7 Å². The van der Waals surface area contributed by atoms with E-state index < -0.39 is 5.60 Å². The summed E-state index contributed by atoms with van der Waals surface area (Å²) in [6.45, 7) is 2.75. The Kier molecular flexibility index (Phi) is 3.56. The van der Waals surface area contributed by atoms with Crippen LogP contribution >= 0.6 is 0 Å². The van der Waals surface area contributed by atoms with Crippen molar-refractivity contribution in [1.29, 1.82) is 0 Å². The number of amides is 1. The molecule has 0 saturated carbocycles. The van der Waals surface area contributed by atoms with Gasteiger partial charge in [0.05, 0.1) is 13.2 Å². The van der Waals surface area contributed by atoms with Crippen molar-refractivity contribution in [3.63, 3.8) is 0 Å². The first-order valence-electron chi connectivity index (χ1n) is 9.37. The number of hydrogen-bond donors (Lipinski definition) is 1. The van der Waals surface area contributed by atoms with Crippen LogP contribution in [0.1, 0.15) is 23.6 Å². The van der Waals surface area contributed by atoms with Gasteiger partial charge in [-0.15, -0.1) is 0 Å². The van der Waals surface area contributed by atoms with Gasteiger partial charge in [-0.1, -0.05) is 30.3 Å². The van der Waals surface area contributed by atoms with E-state index in [4.69, 9.17) is 9.47 Å². The zero-order chi connectivity index (χ0) is 18.6. The topological polar surface area (TPSA) is 54.6 Å². The first kappa shape index (κ1) is 16.4. The minimum absolute atomic E-state index is 0.0409. The number of carbonyl (C=O) groups is 1. The van der Waals surface area contributed by atoms with Gasteiger partial charge in [-0.3, -0.25) is 4.79 Å². The first-order chi connectivity index (χ1) is 13.2. The van der Waals surface area contributed by atoms with Gasteiger partial charge in [0.1, 0.15) is 18.0 Å². The number of H-pyrrole nitrogens is 1. The fraction of sp³-hybridized carbons (Fsp3) is 0.318. The molecule has 5 heteroatoms. The lowest BCUT2D eigenvalue weighted by Crippen LogP contribution is -2.62. The number of ether oxygens (including phenoxy) is 2. The number of hydrogen-bond acceptors (Lipinski definition) is 3. The molecule has 0 unspecified atom stereocenters. The third kappa shape index (κ3) is 2.06. The second kappa shape index (κ2) is 5.86. The van der Waals surface area contributed by atoms with Crippen molar-refractivity contribution >= 4 is 16.8 Å². The fourth-order valence-electron chi connectivity index (χ4n) is 4.93. The summed E-state index contributed by atoms with van der Waals surface area (Å²) in [4.78, 5) is 18.0. The Balaban J connectivity index is 1.89. The van der Waals surface area contributed by atoms with E-state index in [0.29, 0.717) is 6.54 Å². The number of benzene rings is 2. The molecule has 1 amide bonds. The van der Waals surface area contributed by atoms with Gasteiger partial charge in [-0.2, -0.15) is 0 Å². The van der Waals surface area contributed by atoms with Crippen LogP contribution in [0.3, 0.4) is 0 Å². The predicted molar refractivity (Wildman–Crippen MR) is 103 cm³/mol. The van der Waals surface area contributed by atoms with Crippen LogP contribution in [0, 0.1) is 0 Å². The lowest BCUT2D eigenvalue weighted by molar-refractivity contribution is -0.172. The summed E-state index contributed by atoms with van der Waals surface area (Å²) in [5, 5.41) is 1.15. The normalized spacial score (nSPS) is 24.1. The Morgan fingerprint density at radius 3 is 2.81 bits per heavy atom. The third-order valence-electron chi connectivity index (χ3n) is 6.03. The van der Waals surface area contributed by atoms with Crippen LogP contribution in [0.5, 0.6) is 5.75 Å². The predicted octanol–water partition coefficient (Wildman–Crippen LogP) is 3.22. The molecule has 2 aliphatic rings. The molecule has 2 atom stereocenters. The van der Waals surface area contributed by atoms with Crippen molar-refractivity contribution < 1.29 is 14.3 Å². The number of nitrogens with zero attached hydrogens (tertiary/aromatic N) is 1. The highest BCUT2D eigenvalue weighted by Gasteiger charge is 2.55. The van der Waals surface area contributed by atoms with Crippen LogP contribution in [-0.2, 0) is 21.6 Å². The number of aromatic nitrogens is 1. The Labute approximate surface area is 157 Å². The molecule has 1 N–H and O–H groups in total. The Morgan fingerprint density at radius 1 is 1.26 bits per heavy atom. The number of morpholine rings is 1. The van der Waals surface area contributed by atoms with Gasteiger partial charge in [0.2, 0.25) is 5.91 Å². The molecule has 2 aromatic carbocycles. The van der Waals surface area contributed by atoms with Gasteiger partial charge < -0.3 is 19.4 Å². The molecule has 1 saturated heterocycles. The van der Waals surface area contributed by atoms with Crippen molar-refractivity contribution in [1.82, 2.24) is 9.88 Å². The van der Waals surface area contributed by atoms with E-state index >= 15 is 0 Å². The first-order valence-corrected chi connectivity index (χ1v) is 9.37. The van der Waals surface area contributed by atoms with E-state index in [2.05, 4.69) is 23.3 Å². The molecule has 1 aliphatic carbocycles. The maximum absolute atomic E-state index is 12.7. The van der Waals surface area contributed by atoms with Crippen molar-refractivity contribution in [2.45, 2.75) is 25.0 Å². The molecule has 1 aliphatic heterocycles. The van der Waals surface area contributed by atoms with Gasteiger partial charge in [0.25, 0.3) is 0 Å². The molecule has 0 spiro atoms. The van der Waals surface area contributed by atoms with Crippen molar-refractivity contribution in [3.05, 3.63) is 65.4 Å². The Bertz CT molecular complexity index is 1030. The number of aromatic amines is 1. The molecule has 0 bridgehead atoms. The summed E-state index contributed by atoms with van der Waals surface area (Å²) in [5.74, 6) is 0.835. The zero-order valence-corrected chi connectivity index (χ0v) is 15.5. The summed E-state index contributed by atoms with van der Waals surface area (Å²) in [7, 11) is 1.69. The Hall–Kier alpha value is -2.79. The van der Waals surface area contributed by atoms with Crippen molar-refractivity contribution in [3.8, 4) is 5.75 Å². The van der Waals surface area contributed by atoms with E-state index in [-0.39, 0.29) is 18.6 Å². The Morgan fingerprint density at radius 2 is 2.07 bits per heavy atom. The molecule has 5 nitrogen and oxygen atoms in total. The average molecular weight is 362 g/mol. The van der Waals surface area contributed by atoms with Crippen molar-refractivity contribution in [2.24, 2.45) is 0 Å². The summed E-state index contributed by atoms with van der Waals surface area (Å²) >= 11 is 0. The minimum atomic E-state index is -0.745. The lowest BCUT2D eigenvalue weighted by Gasteiger charge is -2.52. The number of rotatable bonds is 3. The molecular weight excluding hydrogens is 340 g/mol. The van der Waals surface area contributed by atoms with Crippen molar-refractivity contribution in [2.75, 3.05) is 20.3 Å². The van der Waals surface area contributed by atoms with E-state index in [9.17, 15) is 4.79 Å². The van der Waals surface area contributed by atoms with E-state index in [1.807, 2.05) is 42.2 Å². The maximum atomic E-state index is 12.7. The van der Waals surface area contributed by atoms with Crippen LogP contribution < -0.4 is 4.74 Å². The SMILES string of the molecule is CCN1C(=O)CO[C@]2(c3ccccc3)c3c(OC)ccc4[nH]cc(c34)C[C@@H]12. The van der Waals surface area contributed by atoms with E-state index in [0.717, 1.165) is 34.2 Å². The lowest BCUT2D eigenvalue weighted by atomic mass is 9.70. The minimum Gasteiger partial charge on any atom is -0.496 e. The average Bonchev–Trinajstić information content (AvgIpc) is 3.12. The quantitative estimate of drug-likeness (QED) is 0.778. The molecule has 1 fully saturated rings. The van der Waals surface area contributed by atoms with Gasteiger partial charge in [0, 0.05) is 29.2 Å². The molecule has 3 aromatic rings. The monoisotopic (exact) mass is 362 g/mol. The fourth-order valence-corrected chi connectivity index (χ4v) is 4.93. The maximum Gasteiger partial charge on any atom is 0.249 e. The van der Waals surface area contributed by atoms with Gasteiger partial charge in [-0.25, -0.2) is 0 Å². The molecule has 0 radical (unpaired) electrons. The molecule has 27 heavy (non-hydrogen) atoms. The molecule has 1 aromatic heterocycles. The van der Waals surface area contributed by atoms with Crippen LogP contribution in [0.25, 0.3) is 10.9 Å². The number of fused-ring (bicyclic) bond motifs is 2. The summed E-state index contributed by atoms with van der Waals surface area (Å²) in [6, 6.07) is 14.1. The van der Waals surface area contributed by atoms with Crippen LogP contribution in [0.2, 0.25) is 0 Å². The van der Waals surface area contributed by atoms with Gasteiger partial charge >= 0.3 is 0 Å². The smallest absolute Gasteiger partial charge is 0.249 e. The molecule has 2 heterocycles. The summed E-state index contributed by atoms with van der Waals surface area (Å²) in [6.07, 6.45) is 2.80. The number of methoxy groups -OCH3 is 1. The summed E-state index contributed by atoms with van der Waals surface area (Å²) < 4.78 is 12.3. The second-order valence-electron chi connectivity index (χ2n) is 7.17. The van der Waals surface area contributed by atoms with E-state index in [1.54, 1.807) is 7.11 Å². The standard InChI is InChI=1S/C22H22N2O3/c1-3-24-18-11-14-12-23-16-9-10-17(26-2)21(20(14)16)22(18,27-13-19(24)25)15-7-5-4-6-8-15/h4-10,12,18,23H,3,11,13H2,1-2H3/t18-,22+/m1/s1. The van der Waals surface area contributed by atoms with Crippen LogP contribution in [0.4, 0.5) is 0 Å². The molecular formula is C22H22N2O3. The number of carbonyl (C=O) groups excluding carboxylic acids is 1. The number of nitrogens with one attached hydrogen (secondary N) is 1. The second-order valence-corrected chi connectivity index (χ2v) is 7.17. The number of likely N-dealkylation sites (N-methyl/N-ethyl adjacent to an activating group) is 1. The molecule has 138 valence electrons. The van der Waals surface area contributed by atoms with Crippen LogP contribution in [-0.4, -0.2) is 42.1 Å². The van der Waals surface area contributed by atoms with Gasteiger partial charge in [-0.05, 0) is 36.6 Å². The van der Waals surface area contributed by atoms with E-state index in [1.165, 1.54) is 5.56 Å². The van der Waals surface area contributed by atoms with Gasteiger partial charge in [0.15, 0.2) is 0 Å². The molecule has 5 rings (SSSR count). The summed E-state index contributed by atoms with van der Waals surface area (Å²) in [5.41, 5.74) is 3.60. The largest absolute Gasteiger partial charge is 0.496 e. The highest BCUT2D eigenvalue weighted by Crippen LogP contribution is 2.52. The third-order valence-corrected chi connectivity index (χ3v) is 6.03. The highest BCUT2D eigenvalue weighted by atomic mass is 16.5. The highest BCUT2D eigenvalue weighted by molar-refractivity contribution is 5.92. The zero-order valence-electron chi connectivity index (χ0n) is 15.5.